The van der Waals surface area contributed by atoms with E-state index in [2.05, 4.69) is 50.4 Å². The van der Waals surface area contributed by atoms with Crippen LogP contribution >= 0.6 is 0 Å². The Morgan fingerprint density at radius 3 is 2.46 bits per heavy atom. The lowest BCUT2D eigenvalue weighted by Gasteiger charge is -2.40. The van der Waals surface area contributed by atoms with Crippen LogP contribution in [0.15, 0.2) is 12.7 Å². The molecule has 1 unspecified atom stereocenters. The Morgan fingerprint density at radius 2 is 1.83 bits per heavy atom. The molecule has 6 heteroatoms. The van der Waals surface area contributed by atoms with Gasteiger partial charge in [-0.1, -0.05) is 39.2 Å². The van der Waals surface area contributed by atoms with Crippen LogP contribution in [0.5, 0.6) is 0 Å². The van der Waals surface area contributed by atoms with Crippen molar-refractivity contribution in [1.29, 1.82) is 0 Å². The maximum absolute atomic E-state index is 4.47. The molecule has 0 amide bonds. The van der Waals surface area contributed by atoms with Crippen molar-refractivity contribution in [3.8, 4) is 0 Å². The molecule has 24 heavy (non-hydrogen) atoms. The molecule has 134 valence electrons. The van der Waals surface area contributed by atoms with E-state index < -0.39 is 0 Å². The van der Waals surface area contributed by atoms with E-state index in [0.717, 1.165) is 38.5 Å². The number of nitrogens with zero attached hydrogens (tertiary/aromatic N) is 6. The molecule has 0 spiro atoms. The van der Waals surface area contributed by atoms with Gasteiger partial charge in [-0.25, -0.2) is 4.68 Å². The number of aromatic nitrogens is 4. The van der Waals surface area contributed by atoms with Crippen LogP contribution in [0.1, 0.15) is 63.9 Å². The second-order valence-electron chi connectivity index (χ2n) is 7.59. The van der Waals surface area contributed by atoms with E-state index in [-0.39, 0.29) is 0 Å². The molecular formula is C18H32N6. The lowest BCUT2D eigenvalue weighted by molar-refractivity contribution is 0.0730. The maximum atomic E-state index is 4.47. The summed E-state index contributed by atoms with van der Waals surface area (Å²) in [4.78, 5) is 5.04. The topological polar surface area (TPSA) is 50.1 Å². The Kier molecular flexibility index (Phi) is 6.00. The van der Waals surface area contributed by atoms with Gasteiger partial charge in [0.25, 0.3) is 0 Å². The van der Waals surface area contributed by atoms with Gasteiger partial charge in [0, 0.05) is 32.7 Å². The van der Waals surface area contributed by atoms with Crippen LogP contribution in [0, 0.1) is 5.92 Å². The standard InChI is InChI=1S/C18H32N6/c1-4-10-22-11-13-23(14-12-22)17(15(2)3)18-19-20-21-24(18)16-8-6-5-7-9-16/h4,15-17H,1,5-14H2,2-3H3. The summed E-state index contributed by atoms with van der Waals surface area (Å²) in [7, 11) is 0. The first-order valence-corrected chi connectivity index (χ1v) is 9.55. The van der Waals surface area contributed by atoms with Crippen molar-refractivity contribution in [1.82, 2.24) is 30.0 Å². The summed E-state index contributed by atoms with van der Waals surface area (Å²) < 4.78 is 2.15. The van der Waals surface area contributed by atoms with Crippen LogP contribution in [0.25, 0.3) is 0 Å². The Labute approximate surface area is 145 Å². The van der Waals surface area contributed by atoms with Gasteiger partial charge in [-0.2, -0.15) is 0 Å². The third-order valence-corrected chi connectivity index (χ3v) is 5.52. The monoisotopic (exact) mass is 332 g/mol. The van der Waals surface area contributed by atoms with Crippen molar-refractivity contribution >= 4 is 0 Å². The predicted octanol–water partition coefficient (Wildman–Crippen LogP) is 2.68. The summed E-state index contributed by atoms with van der Waals surface area (Å²) in [6.07, 6.45) is 8.39. The molecule has 0 bridgehead atoms. The van der Waals surface area contributed by atoms with Crippen LogP contribution in [0.2, 0.25) is 0 Å². The fourth-order valence-corrected chi connectivity index (χ4v) is 4.27. The van der Waals surface area contributed by atoms with Gasteiger partial charge >= 0.3 is 0 Å². The normalized spacial score (nSPS) is 22.8. The van der Waals surface area contributed by atoms with Crippen molar-refractivity contribution in [3.63, 3.8) is 0 Å². The molecule has 1 saturated heterocycles. The zero-order valence-electron chi connectivity index (χ0n) is 15.3. The number of hydrogen-bond donors (Lipinski definition) is 0. The van der Waals surface area contributed by atoms with Gasteiger partial charge in [-0.3, -0.25) is 9.80 Å². The minimum Gasteiger partial charge on any atom is -0.297 e. The lowest BCUT2D eigenvalue weighted by Crippen LogP contribution is -2.49. The minimum atomic E-state index is 0.313. The van der Waals surface area contributed by atoms with E-state index in [1.807, 2.05) is 6.08 Å². The highest BCUT2D eigenvalue weighted by Gasteiger charge is 2.33. The van der Waals surface area contributed by atoms with E-state index in [1.54, 1.807) is 0 Å². The summed E-state index contributed by atoms with van der Waals surface area (Å²) in [5.74, 6) is 1.58. The molecule has 3 rings (SSSR count). The van der Waals surface area contributed by atoms with Crippen LogP contribution in [-0.2, 0) is 0 Å². The van der Waals surface area contributed by atoms with Crippen molar-refractivity contribution in [2.24, 2.45) is 5.92 Å². The smallest absolute Gasteiger partial charge is 0.168 e. The summed E-state index contributed by atoms with van der Waals surface area (Å²) in [5, 5.41) is 12.9. The van der Waals surface area contributed by atoms with Crippen molar-refractivity contribution in [2.45, 2.75) is 58.0 Å². The molecule has 1 atom stereocenters. The van der Waals surface area contributed by atoms with Gasteiger partial charge in [0.1, 0.15) is 0 Å². The molecule has 6 nitrogen and oxygen atoms in total. The fraction of sp³-hybridized carbons (Fsp3) is 0.833. The number of piperazine rings is 1. The Hall–Kier alpha value is -1.27. The second-order valence-corrected chi connectivity index (χ2v) is 7.59. The molecule has 2 fully saturated rings. The van der Waals surface area contributed by atoms with Gasteiger partial charge in [0.15, 0.2) is 5.82 Å². The molecule has 1 aliphatic carbocycles. The SMILES string of the molecule is C=CCN1CCN(C(c2nnnn2C2CCCCC2)C(C)C)CC1. The zero-order chi connectivity index (χ0) is 16.9. The van der Waals surface area contributed by atoms with E-state index in [0.29, 0.717) is 18.0 Å². The number of tetrazole rings is 1. The third kappa shape index (κ3) is 3.86. The van der Waals surface area contributed by atoms with Crippen LogP contribution in [-0.4, -0.2) is 62.7 Å². The first-order chi connectivity index (χ1) is 11.7. The van der Waals surface area contributed by atoms with Gasteiger partial charge in [-0.15, -0.1) is 11.7 Å². The summed E-state index contributed by atoms with van der Waals surface area (Å²) in [6.45, 7) is 13.8. The molecule has 1 aromatic heterocycles. The van der Waals surface area contributed by atoms with E-state index >= 15 is 0 Å². The highest BCUT2D eigenvalue weighted by atomic mass is 15.6. The Morgan fingerprint density at radius 1 is 1.12 bits per heavy atom. The first kappa shape index (κ1) is 17.5. The van der Waals surface area contributed by atoms with Crippen molar-refractivity contribution in [2.75, 3.05) is 32.7 Å². The van der Waals surface area contributed by atoms with Gasteiger partial charge in [0.2, 0.25) is 0 Å². The van der Waals surface area contributed by atoms with Gasteiger partial charge in [-0.05, 0) is 29.2 Å². The third-order valence-electron chi connectivity index (χ3n) is 5.52. The number of hydrogen-bond acceptors (Lipinski definition) is 5. The Balaban J connectivity index is 1.75. The van der Waals surface area contributed by atoms with E-state index in [1.165, 1.54) is 32.1 Å². The highest BCUT2D eigenvalue weighted by molar-refractivity contribution is 4.99. The molecule has 1 aromatic rings. The summed E-state index contributed by atoms with van der Waals surface area (Å²) in [6, 6.07) is 0.805. The summed E-state index contributed by atoms with van der Waals surface area (Å²) >= 11 is 0. The average Bonchev–Trinajstić information content (AvgIpc) is 3.06. The molecule has 0 N–H and O–H groups in total. The number of rotatable bonds is 6. The van der Waals surface area contributed by atoms with Gasteiger partial charge in [0.05, 0.1) is 12.1 Å². The quantitative estimate of drug-likeness (QED) is 0.750. The fourth-order valence-electron chi connectivity index (χ4n) is 4.27. The summed E-state index contributed by atoms with van der Waals surface area (Å²) in [5.41, 5.74) is 0. The second kappa shape index (κ2) is 8.21. The zero-order valence-corrected chi connectivity index (χ0v) is 15.3. The maximum Gasteiger partial charge on any atom is 0.168 e. The molecule has 1 aliphatic heterocycles. The van der Waals surface area contributed by atoms with Crippen LogP contribution in [0.4, 0.5) is 0 Å². The van der Waals surface area contributed by atoms with Gasteiger partial charge < -0.3 is 0 Å². The molecule has 1 saturated carbocycles. The van der Waals surface area contributed by atoms with E-state index in [4.69, 9.17) is 0 Å². The van der Waals surface area contributed by atoms with Crippen LogP contribution in [0.3, 0.4) is 0 Å². The molecule has 0 radical (unpaired) electrons. The Bertz CT molecular complexity index is 511. The van der Waals surface area contributed by atoms with E-state index in [9.17, 15) is 0 Å². The largest absolute Gasteiger partial charge is 0.297 e. The predicted molar refractivity (Wildman–Crippen MR) is 95.7 cm³/mol. The first-order valence-electron chi connectivity index (χ1n) is 9.55. The molecule has 2 aliphatic rings. The minimum absolute atomic E-state index is 0.313. The lowest BCUT2D eigenvalue weighted by atomic mass is 9.94. The average molecular weight is 332 g/mol. The molecule has 0 aromatic carbocycles. The molecule has 2 heterocycles. The molecular weight excluding hydrogens is 300 g/mol. The van der Waals surface area contributed by atoms with Crippen molar-refractivity contribution in [3.05, 3.63) is 18.5 Å². The highest BCUT2D eigenvalue weighted by Crippen LogP contribution is 2.33. The van der Waals surface area contributed by atoms with Crippen molar-refractivity contribution < 1.29 is 0 Å². The van der Waals surface area contributed by atoms with Crippen LogP contribution < -0.4 is 0 Å².